The summed E-state index contributed by atoms with van der Waals surface area (Å²) in [6, 6.07) is 7.77. The molecule has 2 N–H and O–H groups in total. The summed E-state index contributed by atoms with van der Waals surface area (Å²) >= 11 is 1.45. The Labute approximate surface area is 119 Å². The van der Waals surface area contributed by atoms with Crippen LogP contribution in [0.3, 0.4) is 0 Å². The van der Waals surface area contributed by atoms with Gasteiger partial charge in [0.15, 0.2) is 11.5 Å². The third-order valence-corrected chi connectivity index (χ3v) is 3.53. The van der Waals surface area contributed by atoms with Crippen molar-refractivity contribution in [2.75, 3.05) is 12.3 Å². The summed E-state index contributed by atoms with van der Waals surface area (Å²) in [6.07, 6.45) is 0. The minimum absolute atomic E-state index is 0.248. The minimum Gasteiger partial charge on any atom is -0.494 e. The van der Waals surface area contributed by atoms with Crippen LogP contribution >= 0.6 is 11.3 Å². The topological polar surface area (TPSA) is 87.1 Å². The normalized spacial score (nSPS) is 10.7. The highest BCUT2D eigenvalue weighted by Crippen LogP contribution is 2.30. The molecule has 0 radical (unpaired) electrons. The van der Waals surface area contributed by atoms with Crippen LogP contribution in [0, 0.1) is 0 Å². The molecule has 0 aliphatic heterocycles. The first kappa shape index (κ1) is 12.6. The smallest absolute Gasteiger partial charge is 0.198 e. The molecule has 102 valence electrons. The fourth-order valence-corrected chi connectivity index (χ4v) is 2.56. The van der Waals surface area contributed by atoms with Crippen molar-refractivity contribution < 1.29 is 9.37 Å². The molecule has 0 saturated heterocycles. The predicted molar refractivity (Wildman–Crippen MR) is 76.4 cm³/mol. The second kappa shape index (κ2) is 5.30. The Morgan fingerprint density at radius 2 is 2.05 bits per heavy atom. The van der Waals surface area contributed by atoms with Crippen molar-refractivity contribution >= 4 is 17.2 Å². The third kappa shape index (κ3) is 2.35. The van der Waals surface area contributed by atoms with E-state index in [1.54, 1.807) is 0 Å². The molecule has 1 aromatic carbocycles. The Hall–Kier alpha value is -2.41. The average Bonchev–Trinajstić information content (AvgIpc) is 3.08. The van der Waals surface area contributed by atoms with Crippen LogP contribution in [0.5, 0.6) is 5.75 Å². The van der Waals surface area contributed by atoms with Crippen molar-refractivity contribution in [3.05, 3.63) is 29.6 Å². The highest BCUT2D eigenvalue weighted by molar-refractivity contribution is 7.13. The van der Waals surface area contributed by atoms with Crippen LogP contribution in [0.2, 0.25) is 0 Å². The number of aromatic nitrogens is 3. The van der Waals surface area contributed by atoms with Crippen LogP contribution in [-0.2, 0) is 0 Å². The van der Waals surface area contributed by atoms with Crippen LogP contribution in [0.1, 0.15) is 6.92 Å². The summed E-state index contributed by atoms with van der Waals surface area (Å²) in [5.74, 6) is 1.09. The van der Waals surface area contributed by atoms with Crippen molar-refractivity contribution in [1.29, 1.82) is 0 Å². The van der Waals surface area contributed by atoms with E-state index in [0.29, 0.717) is 17.3 Å². The average molecular weight is 288 g/mol. The third-order valence-electron chi connectivity index (χ3n) is 2.68. The summed E-state index contributed by atoms with van der Waals surface area (Å²) in [4.78, 5) is 4.49. The molecule has 2 heterocycles. The minimum atomic E-state index is 0.248. The lowest BCUT2D eigenvalue weighted by Gasteiger charge is -2.03. The summed E-state index contributed by atoms with van der Waals surface area (Å²) in [7, 11) is 0. The molecule has 6 nitrogen and oxygen atoms in total. The number of benzene rings is 1. The van der Waals surface area contributed by atoms with Gasteiger partial charge in [-0.2, -0.15) is 0 Å². The molecule has 0 aliphatic carbocycles. The van der Waals surface area contributed by atoms with Crippen molar-refractivity contribution in [3.8, 4) is 27.7 Å². The predicted octanol–water partition coefficient (Wildman–Crippen LogP) is 2.84. The molecular weight excluding hydrogens is 276 g/mol. The van der Waals surface area contributed by atoms with E-state index < -0.39 is 0 Å². The van der Waals surface area contributed by atoms with Gasteiger partial charge < -0.3 is 10.5 Å². The zero-order valence-corrected chi connectivity index (χ0v) is 11.6. The SMILES string of the molecule is CCOc1ccc(-c2csc(-c3nonc3N)n2)cc1. The lowest BCUT2D eigenvalue weighted by Crippen LogP contribution is -1.90. The molecule has 0 fully saturated rings. The van der Waals surface area contributed by atoms with Crippen molar-refractivity contribution in [1.82, 2.24) is 15.3 Å². The maximum atomic E-state index is 5.66. The van der Waals surface area contributed by atoms with E-state index in [1.807, 2.05) is 36.6 Å². The van der Waals surface area contributed by atoms with Crippen LogP contribution in [-0.4, -0.2) is 21.9 Å². The molecule has 0 aliphatic rings. The molecule has 0 amide bonds. The first-order chi connectivity index (χ1) is 9.78. The van der Waals surface area contributed by atoms with Gasteiger partial charge in [0.1, 0.15) is 10.8 Å². The van der Waals surface area contributed by atoms with E-state index in [9.17, 15) is 0 Å². The Bertz CT molecular complexity index is 705. The maximum Gasteiger partial charge on any atom is 0.198 e. The molecule has 2 aromatic heterocycles. The van der Waals surface area contributed by atoms with Crippen LogP contribution < -0.4 is 10.5 Å². The Kier molecular flexibility index (Phi) is 3.34. The molecule has 0 saturated carbocycles. The van der Waals surface area contributed by atoms with E-state index in [-0.39, 0.29) is 5.82 Å². The van der Waals surface area contributed by atoms with Gasteiger partial charge in [0.05, 0.1) is 12.3 Å². The number of rotatable bonds is 4. The number of nitrogens with zero attached hydrogens (tertiary/aromatic N) is 3. The van der Waals surface area contributed by atoms with Gasteiger partial charge in [-0.1, -0.05) is 0 Å². The highest BCUT2D eigenvalue weighted by Gasteiger charge is 2.14. The highest BCUT2D eigenvalue weighted by atomic mass is 32.1. The zero-order chi connectivity index (χ0) is 13.9. The van der Waals surface area contributed by atoms with E-state index in [0.717, 1.165) is 17.0 Å². The molecular formula is C13H12N4O2S. The molecule has 0 atom stereocenters. The number of thiazole rings is 1. The van der Waals surface area contributed by atoms with Gasteiger partial charge in [-0.25, -0.2) is 9.61 Å². The zero-order valence-electron chi connectivity index (χ0n) is 10.7. The standard InChI is InChI=1S/C13H12N4O2S/c1-2-18-9-5-3-8(4-6-9)10-7-20-13(15-10)11-12(14)17-19-16-11/h3-7H,2H2,1H3,(H2,14,17). The molecule has 0 bridgehead atoms. The second-order valence-electron chi connectivity index (χ2n) is 3.99. The first-order valence-corrected chi connectivity index (χ1v) is 6.93. The van der Waals surface area contributed by atoms with E-state index >= 15 is 0 Å². The molecule has 7 heteroatoms. The van der Waals surface area contributed by atoms with Crippen LogP contribution in [0.15, 0.2) is 34.3 Å². The van der Waals surface area contributed by atoms with Gasteiger partial charge in [0, 0.05) is 10.9 Å². The van der Waals surface area contributed by atoms with Gasteiger partial charge in [0.2, 0.25) is 0 Å². The fraction of sp³-hybridized carbons (Fsp3) is 0.154. The van der Waals surface area contributed by atoms with E-state index in [1.165, 1.54) is 11.3 Å². The summed E-state index contributed by atoms with van der Waals surface area (Å²) in [6.45, 7) is 2.61. The lowest BCUT2D eigenvalue weighted by atomic mass is 10.2. The van der Waals surface area contributed by atoms with Crippen LogP contribution in [0.25, 0.3) is 22.0 Å². The largest absolute Gasteiger partial charge is 0.494 e. The lowest BCUT2D eigenvalue weighted by molar-refractivity contribution is 0.310. The molecule has 0 spiro atoms. The fourth-order valence-electron chi connectivity index (χ4n) is 1.75. The number of ether oxygens (including phenoxy) is 1. The monoisotopic (exact) mass is 288 g/mol. The van der Waals surface area contributed by atoms with Crippen molar-refractivity contribution in [2.45, 2.75) is 6.92 Å². The van der Waals surface area contributed by atoms with Gasteiger partial charge in [-0.05, 0) is 41.5 Å². The van der Waals surface area contributed by atoms with Gasteiger partial charge in [-0.15, -0.1) is 11.3 Å². The van der Waals surface area contributed by atoms with Crippen molar-refractivity contribution in [2.24, 2.45) is 0 Å². The molecule has 3 rings (SSSR count). The van der Waals surface area contributed by atoms with Crippen LogP contribution in [0.4, 0.5) is 5.82 Å². The molecule has 0 unspecified atom stereocenters. The second-order valence-corrected chi connectivity index (χ2v) is 4.85. The Morgan fingerprint density at radius 1 is 1.25 bits per heavy atom. The number of anilines is 1. The maximum absolute atomic E-state index is 5.66. The quantitative estimate of drug-likeness (QED) is 0.794. The van der Waals surface area contributed by atoms with Gasteiger partial charge in [-0.3, -0.25) is 0 Å². The summed E-state index contributed by atoms with van der Waals surface area (Å²) in [5, 5.41) is 9.93. The number of hydrogen-bond donors (Lipinski definition) is 1. The Balaban J connectivity index is 1.88. The number of nitrogens with two attached hydrogens (primary N) is 1. The number of hydrogen-bond acceptors (Lipinski definition) is 7. The van der Waals surface area contributed by atoms with E-state index in [2.05, 4.69) is 19.9 Å². The molecule has 3 aromatic rings. The Morgan fingerprint density at radius 3 is 2.70 bits per heavy atom. The summed E-state index contributed by atoms with van der Waals surface area (Å²) in [5.41, 5.74) is 8.00. The molecule has 20 heavy (non-hydrogen) atoms. The van der Waals surface area contributed by atoms with E-state index in [4.69, 9.17) is 10.5 Å². The van der Waals surface area contributed by atoms with Crippen molar-refractivity contribution in [3.63, 3.8) is 0 Å². The number of nitrogen functional groups attached to an aromatic ring is 1. The van der Waals surface area contributed by atoms with Gasteiger partial charge >= 0.3 is 0 Å². The first-order valence-electron chi connectivity index (χ1n) is 6.05. The van der Waals surface area contributed by atoms with Gasteiger partial charge in [0.25, 0.3) is 0 Å². The summed E-state index contributed by atoms with van der Waals surface area (Å²) < 4.78 is 9.99.